The van der Waals surface area contributed by atoms with Crippen LogP contribution in [0.4, 0.5) is 0 Å². The zero-order chi connectivity index (χ0) is 13.2. The van der Waals surface area contributed by atoms with Gasteiger partial charge in [0.25, 0.3) is 0 Å². The Morgan fingerprint density at radius 1 is 1.33 bits per heavy atom. The summed E-state index contributed by atoms with van der Waals surface area (Å²) in [4.78, 5) is 4.42. The number of pyridine rings is 1. The van der Waals surface area contributed by atoms with Gasteiger partial charge in [0.05, 0.1) is 0 Å². The molecule has 3 nitrogen and oxygen atoms in total. The predicted octanol–water partition coefficient (Wildman–Crippen LogP) is 2.76. The molecule has 2 rings (SSSR count). The molecular weight excluding hydrogens is 224 g/mol. The van der Waals surface area contributed by atoms with E-state index in [1.165, 1.54) is 12.0 Å². The van der Waals surface area contributed by atoms with Crippen LogP contribution in [0.15, 0.2) is 18.3 Å². The van der Waals surface area contributed by atoms with Crippen molar-refractivity contribution in [1.29, 1.82) is 0 Å². The summed E-state index contributed by atoms with van der Waals surface area (Å²) in [5, 5.41) is 3.37. The van der Waals surface area contributed by atoms with Crippen molar-refractivity contribution in [2.24, 2.45) is 5.92 Å². The van der Waals surface area contributed by atoms with E-state index >= 15 is 0 Å². The van der Waals surface area contributed by atoms with Crippen molar-refractivity contribution < 1.29 is 4.74 Å². The largest absolute Gasteiger partial charge is 0.473 e. The Balaban J connectivity index is 2.02. The third-order valence-electron chi connectivity index (χ3n) is 3.63. The Labute approximate surface area is 110 Å². The molecule has 0 bridgehead atoms. The molecule has 3 heteroatoms. The molecular formula is C15H24N2O. The summed E-state index contributed by atoms with van der Waals surface area (Å²) >= 11 is 0. The lowest BCUT2D eigenvalue weighted by atomic mass is 9.88. The van der Waals surface area contributed by atoms with E-state index in [-0.39, 0.29) is 11.5 Å². The fourth-order valence-corrected chi connectivity index (χ4v) is 2.17. The number of nitrogens with zero attached hydrogens (tertiary/aromatic N) is 1. The first-order chi connectivity index (χ1) is 8.47. The molecule has 0 aromatic carbocycles. The van der Waals surface area contributed by atoms with E-state index in [4.69, 9.17) is 4.74 Å². The number of hydrogen-bond acceptors (Lipinski definition) is 3. The Morgan fingerprint density at radius 3 is 2.67 bits per heavy atom. The summed E-state index contributed by atoms with van der Waals surface area (Å²) in [6.07, 6.45) is 3.34. The summed E-state index contributed by atoms with van der Waals surface area (Å²) in [5.74, 6) is 1.33. The third-order valence-corrected chi connectivity index (χ3v) is 3.63. The summed E-state index contributed by atoms with van der Waals surface area (Å²) in [7, 11) is 0. The molecule has 1 N–H and O–H groups in total. The standard InChI is InChI=1S/C15H24N2O/c1-11-7-8-16-10-13(11)18-14-6-5-12(9-17-14)15(2,3)4/h5-6,9,11,13,16H,7-8,10H2,1-4H3. The molecule has 0 saturated carbocycles. The first-order valence-electron chi connectivity index (χ1n) is 6.81. The van der Waals surface area contributed by atoms with Crippen LogP contribution >= 0.6 is 0 Å². The highest BCUT2D eigenvalue weighted by Gasteiger charge is 2.23. The van der Waals surface area contributed by atoms with Crippen LogP contribution in [-0.4, -0.2) is 24.2 Å². The number of nitrogens with one attached hydrogen (secondary N) is 1. The molecule has 2 heterocycles. The minimum Gasteiger partial charge on any atom is -0.473 e. The Kier molecular flexibility index (Phi) is 3.91. The second-order valence-electron chi connectivity index (χ2n) is 6.26. The molecule has 1 aromatic heterocycles. The average Bonchev–Trinajstić information content (AvgIpc) is 2.32. The molecule has 0 amide bonds. The van der Waals surface area contributed by atoms with E-state index in [2.05, 4.69) is 44.1 Å². The molecule has 1 saturated heterocycles. The monoisotopic (exact) mass is 248 g/mol. The number of ether oxygens (including phenoxy) is 1. The summed E-state index contributed by atoms with van der Waals surface area (Å²) < 4.78 is 5.96. The van der Waals surface area contributed by atoms with Gasteiger partial charge in [0.15, 0.2) is 0 Å². The Hall–Kier alpha value is -1.09. The van der Waals surface area contributed by atoms with Gasteiger partial charge in [-0.15, -0.1) is 0 Å². The SMILES string of the molecule is CC1CCNCC1Oc1ccc(C(C)(C)C)cn1. The molecule has 2 unspecified atom stereocenters. The molecule has 1 fully saturated rings. The topological polar surface area (TPSA) is 34.1 Å². The van der Waals surface area contributed by atoms with Crippen LogP contribution in [0, 0.1) is 5.92 Å². The van der Waals surface area contributed by atoms with Crippen LogP contribution in [-0.2, 0) is 5.41 Å². The van der Waals surface area contributed by atoms with Gasteiger partial charge in [0.1, 0.15) is 6.10 Å². The zero-order valence-corrected chi connectivity index (χ0v) is 11.9. The van der Waals surface area contributed by atoms with Crippen molar-refractivity contribution in [1.82, 2.24) is 10.3 Å². The van der Waals surface area contributed by atoms with E-state index in [9.17, 15) is 0 Å². The quantitative estimate of drug-likeness (QED) is 0.874. The highest BCUT2D eigenvalue weighted by molar-refractivity contribution is 5.23. The first kappa shape index (κ1) is 13.3. The van der Waals surface area contributed by atoms with E-state index in [1.807, 2.05) is 12.3 Å². The molecule has 1 aliphatic rings. The Morgan fingerprint density at radius 2 is 2.11 bits per heavy atom. The molecule has 0 aliphatic carbocycles. The molecule has 100 valence electrons. The van der Waals surface area contributed by atoms with Crippen molar-refractivity contribution in [3.05, 3.63) is 23.9 Å². The summed E-state index contributed by atoms with van der Waals surface area (Å²) in [6, 6.07) is 4.10. The van der Waals surface area contributed by atoms with Gasteiger partial charge in [0, 0.05) is 18.8 Å². The van der Waals surface area contributed by atoms with Gasteiger partial charge >= 0.3 is 0 Å². The van der Waals surface area contributed by atoms with Gasteiger partial charge in [-0.3, -0.25) is 0 Å². The molecule has 1 aromatic rings. The predicted molar refractivity (Wildman–Crippen MR) is 74.0 cm³/mol. The maximum atomic E-state index is 5.96. The lowest BCUT2D eigenvalue weighted by Gasteiger charge is -2.29. The second-order valence-corrected chi connectivity index (χ2v) is 6.26. The van der Waals surface area contributed by atoms with Gasteiger partial charge in [-0.1, -0.05) is 33.8 Å². The van der Waals surface area contributed by atoms with E-state index in [0.29, 0.717) is 5.92 Å². The zero-order valence-electron chi connectivity index (χ0n) is 11.9. The minimum absolute atomic E-state index is 0.144. The Bertz CT molecular complexity index is 380. The molecule has 0 radical (unpaired) electrons. The maximum absolute atomic E-state index is 5.96. The maximum Gasteiger partial charge on any atom is 0.213 e. The van der Waals surface area contributed by atoms with Crippen molar-refractivity contribution in [2.75, 3.05) is 13.1 Å². The highest BCUT2D eigenvalue weighted by Crippen LogP contribution is 2.24. The van der Waals surface area contributed by atoms with Crippen molar-refractivity contribution >= 4 is 0 Å². The second kappa shape index (κ2) is 5.27. The summed E-state index contributed by atoms with van der Waals surface area (Å²) in [6.45, 7) is 10.8. The number of piperidine rings is 1. The number of rotatable bonds is 2. The van der Waals surface area contributed by atoms with Crippen molar-refractivity contribution in [2.45, 2.75) is 45.6 Å². The fourth-order valence-electron chi connectivity index (χ4n) is 2.17. The normalized spacial score (nSPS) is 24.9. The van der Waals surface area contributed by atoms with Crippen LogP contribution in [0.1, 0.15) is 39.7 Å². The third kappa shape index (κ3) is 3.22. The van der Waals surface area contributed by atoms with Gasteiger partial charge < -0.3 is 10.1 Å². The van der Waals surface area contributed by atoms with Crippen molar-refractivity contribution in [3.63, 3.8) is 0 Å². The van der Waals surface area contributed by atoms with Gasteiger partial charge in [-0.2, -0.15) is 0 Å². The smallest absolute Gasteiger partial charge is 0.213 e. The van der Waals surface area contributed by atoms with Crippen LogP contribution < -0.4 is 10.1 Å². The average molecular weight is 248 g/mol. The molecule has 2 atom stereocenters. The van der Waals surface area contributed by atoms with E-state index in [1.54, 1.807) is 0 Å². The van der Waals surface area contributed by atoms with E-state index < -0.39 is 0 Å². The lowest BCUT2D eigenvalue weighted by Crippen LogP contribution is -2.42. The van der Waals surface area contributed by atoms with Crippen LogP contribution in [0.5, 0.6) is 5.88 Å². The number of aromatic nitrogens is 1. The van der Waals surface area contributed by atoms with Crippen LogP contribution in [0.3, 0.4) is 0 Å². The molecule has 0 spiro atoms. The van der Waals surface area contributed by atoms with Crippen molar-refractivity contribution in [3.8, 4) is 5.88 Å². The van der Waals surface area contributed by atoms with Gasteiger partial charge in [-0.05, 0) is 29.9 Å². The van der Waals surface area contributed by atoms with Gasteiger partial charge in [0.2, 0.25) is 5.88 Å². The number of hydrogen-bond donors (Lipinski definition) is 1. The summed E-state index contributed by atoms with van der Waals surface area (Å²) in [5.41, 5.74) is 1.38. The van der Waals surface area contributed by atoms with Gasteiger partial charge in [-0.25, -0.2) is 4.98 Å². The molecule has 1 aliphatic heterocycles. The molecule has 18 heavy (non-hydrogen) atoms. The highest BCUT2D eigenvalue weighted by atomic mass is 16.5. The fraction of sp³-hybridized carbons (Fsp3) is 0.667. The van der Waals surface area contributed by atoms with E-state index in [0.717, 1.165) is 19.0 Å². The van der Waals surface area contributed by atoms with Crippen LogP contribution in [0.25, 0.3) is 0 Å². The first-order valence-corrected chi connectivity index (χ1v) is 6.81. The lowest BCUT2D eigenvalue weighted by molar-refractivity contribution is 0.109. The van der Waals surface area contributed by atoms with Crippen LogP contribution in [0.2, 0.25) is 0 Å². The minimum atomic E-state index is 0.144.